The van der Waals surface area contributed by atoms with E-state index in [0.717, 1.165) is 24.8 Å². The molecule has 4 rings (SSSR count). The number of carbonyl (C=O) groups is 2. The average Bonchev–Trinajstić information content (AvgIpc) is 3.20. The van der Waals surface area contributed by atoms with Crippen molar-refractivity contribution >= 4 is 74.9 Å². The Labute approximate surface area is 240 Å². The lowest BCUT2D eigenvalue weighted by molar-refractivity contribution is -0.139. The third-order valence-corrected chi connectivity index (χ3v) is 8.47. The monoisotopic (exact) mass is 592 g/mol. The van der Waals surface area contributed by atoms with Crippen LogP contribution in [-0.4, -0.2) is 29.8 Å². The molecular weight excluding hydrogens is 567 g/mol. The largest absolute Gasteiger partial charge is 0.479 e. The summed E-state index contributed by atoms with van der Waals surface area (Å²) in [5, 5.41) is 13.4. The predicted molar refractivity (Wildman–Crippen MR) is 156 cm³/mol. The average molecular weight is 594 g/mol. The highest BCUT2D eigenvalue weighted by Crippen LogP contribution is 2.45. The minimum Gasteiger partial charge on any atom is -0.479 e. The molecule has 0 radical (unpaired) electrons. The minimum atomic E-state index is -1.14. The molecule has 1 atom stereocenters. The van der Waals surface area contributed by atoms with Crippen molar-refractivity contribution in [3.8, 4) is 5.75 Å². The Hall–Kier alpha value is -2.58. The van der Waals surface area contributed by atoms with Crippen molar-refractivity contribution in [2.45, 2.75) is 40.0 Å². The number of nitrogens with zero attached hydrogens (tertiary/aromatic N) is 1. The number of halogens is 3. The molecule has 0 bridgehead atoms. The van der Waals surface area contributed by atoms with Crippen LogP contribution < -0.4 is 10.1 Å². The second-order valence-electron chi connectivity index (χ2n) is 10.2. The number of carboxylic acid groups (broad SMARTS) is 1. The Morgan fingerprint density at radius 1 is 1.16 bits per heavy atom. The highest BCUT2D eigenvalue weighted by molar-refractivity contribution is 7.16. The fraction of sp³-hybridized carbons (Fsp3) is 0.321. The maximum atomic E-state index is 13.5. The van der Waals surface area contributed by atoms with Crippen molar-refractivity contribution in [1.82, 2.24) is 0 Å². The van der Waals surface area contributed by atoms with Gasteiger partial charge in [0.15, 0.2) is 12.4 Å². The van der Waals surface area contributed by atoms with Crippen molar-refractivity contribution < 1.29 is 19.4 Å². The van der Waals surface area contributed by atoms with Crippen LogP contribution in [0.1, 0.15) is 53.6 Å². The molecule has 0 aliphatic heterocycles. The number of aliphatic imine (C=N–C) groups is 1. The number of carboxylic acids is 1. The van der Waals surface area contributed by atoms with E-state index in [0.29, 0.717) is 32.8 Å². The number of anilines is 1. The zero-order valence-corrected chi connectivity index (χ0v) is 24.2. The maximum absolute atomic E-state index is 13.5. The first kappa shape index (κ1) is 28.4. The Morgan fingerprint density at radius 3 is 2.42 bits per heavy atom. The van der Waals surface area contributed by atoms with Gasteiger partial charge < -0.3 is 15.2 Å². The van der Waals surface area contributed by atoms with Gasteiger partial charge in [0.05, 0.1) is 15.6 Å². The molecule has 1 heterocycles. The first-order chi connectivity index (χ1) is 17.9. The summed E-state index contributed by atoms with van der Waals surface area (Å²) in [6, 6.07) is 10.1. The predicted octanol–water partition coefficient (Wildman–Crippen LogP) is 8.33. The maximum Gasteiger partial charge on any atom is 0.341 e. The van der Waals surface area contributed by atoms with Gasteiger partial charge in [0.1, 0.15) is 5.00 Å². The lowest BCUT2D eigenvalue weighted by Crippen LogP contribution is -2.27. The van der Waals surface area contributed by atoms with E-state index in [-0.39, 0.29) is 27.1 Å². The van der Waals surface area contributed by atoms with Crippen molar-refractivity contribution in [2.24, 2.45) is 16.3 Å². The summed E-state index contributed by atoms with van der Waals surface area (Å²) in [6.45, 7) is 6.19. The first-order valence-corrected chi connectivity index (χ1v) is 14.0. The second-order valence-corrected chi connectivity index (χ2v) is 12.5. The summed E-state index contributed by atoms with van der Waals surface area (Å²) in [6.07, 6.45) is 4.30. The van der Waals surface area contributed by atoms with Crippen LogP contribution >= 0.6 is 46.1 Å². The van der Waals surface area contributed by atoms with Crippen molar-refractivity contribution in [1.29, 1.82) is 0 Å². The van der Waals surface area contributed by atoms with Crippen LogP contribution in [0.3, 0.4) is 0 Å². The number of rotatable bonds is 7. The quantitative estimate of drug-likeness (QED) is 0.270. The van der Waals surface area contributed by atoms with E-state index in [4.69, 9.17) is 49.6 Å². The molecule has 200 valence electrons. The van der Waals surface area contributed by atoms with E-state index in [1.807, 2.05) is 0 Å². The topological polar surface area (TPSA) is 88.0 Å². The van der Waals surface area contributed by atoms with Gasteiger partial charge in [-0.05, 0) is 78.1 Å². The van der Waals surface area contributed by atoms with Gasteiger partial charge in [-0.2, -0.15) is 0 Å². The molecule has 1 aliphatic carbocycles. The number of benzene rings is 2. The Kier molecular flexibility index (Phi) is 8.72. The zero-order chi connectivity index (χ0) is 27.6. The Bertz CT molecular complexity index is 1370. The molecule has 2 N–H and O–H groups in total. The number of aliphatic carboxylic acids is 1. The Balaban J connectivity index is 1.68. The van der Waals surface area contributed by atoms with Gasteiger partial charge in [-0.15, -0.1) is 11.3 Å². The Morgan fingerprint density at radius 2 is 1.82 bits per heavy atom. The summed E-state index contributed by atoms with van der Waals surface area (Å²) in [5.74, 6) is -0.758. The van der Waals surface area contributed by atoms with Crippen molar-refractivity contribution in [3.63, 3.8) is 0 Å². The van der Waals surface area contributed by atoms with Crippen LogP contribution in [-0.2, 0) is 17.6 Å². The molecule has 1 aromatic heterocycles. The number of ether oxygens (including phenoxy) is 1. The van der Waals surface area contributed by atoms with E-state index in [1.165, 1.54) is 16.2 Å². The molecule has 3 aromatic rings. The standard InChI is InChI=1S/C28H27Cl3N2O4S/c1-28(2,3)16-4-9-19-22(12-16)38-27(24(19)26(36)33-18-7-5-17(29)6-8-18)32-13-15-10-20(30)25(21(31)11-15)37-14-23(34)35/h5-8,10-11,13,16H,4,9,12,14H2,1-3H3,(H,33,36)(H,34,35)/t16-/m0/s1. The fourth-order valence-electron chi connectivity index (χ4n) is 4.42. The van der Waals surface area contributed by atoms with Gasteiger partial charge in [-0.3, -0.25) is 4.79 Å². The van der Waals surface area contributed by atoms with Crippen LogP contribution in [0.25, 0.3) is 0 Å². The lowest BCUT2D eigenvalue weighted by atomic mass is 9.72. The van der Waals surface area contributed by atoms with Crippen LogP contribution in [0.5, 0.6) is 5.75 Å². The van der Waals surface area contributed by atoms with Crippen LogP contribution in [0.15, 0.2) is 41.4 Å². The minimum absolute atomic E-state index is 0.0933. The third kappa shape index (κ3) is 6.70. The summed E-state index contributed by atoms with van der Waals surface area (Å²) >= 11 is 20.1. The zero-order valence-electron chi connectivity index (χ0n) is 21.1. The van der Waals surface area contributed by atoms with Crippen molar-refractivity contribution in [3.05, 3.63) is 73.0 Å². The number of hydrogen-bond acceptors (Lipinski definition) is 5. The van der Waals surface area contributed by atoms with E-state index >= 15 is 0 Å². The molecule has 2 aromatic carbocycles. The highest BCUT2D eigenvalue weighted by Gasteiger charge is 2.33. The molecule has 0 saturated heterocycles. The molecule has 6 nitrogen and oxygen atoms in total. The van der Waals surface area contributed by atoms with Crippen molar-refractivity contribution in [2.75, 3.05) is 11.9 Å². The van der Waals surface area contributed by atoms with E-state index in [2.05, 4.69) is 26.1 Å². The van der Waals surface area contributed by atoms with Crippen LogP contribution in [0.2, 0.25) is 15.1 Å². The molecule has 1 amide bonds. The van der Waals surface area contributed by atoms with E-state index < -0.39 is 12.6 Å². The summed E-state index contributed by atoms with van der Waals surface area (Å²) in [7, 11) is 0. The molecule has 10 heteroatoms. The SMILES string of the molecule is CC(C)(C)[C@H]1CCc2c(sc(N=Cc3cc(Cl)c(OCC(=O)O)c(Cl)c3)c2C(=O)Nc2ccc(Cl)cc2)C1. The third-order valence-electron chi connectivity index (χ3n) is 6.49. The molecular formula is C28H27Cl3N2O4S. The number of fused-ring (bicyclic) bond motifs is 1. The van der Waals surface area contributed by atoms with Gasteiger partial charge in [-0.25, -0.2) is 9.79 Å². The second kappa shape index (κ2) is 11.7. The normalized spacial score (nSPS) is 15.4. The molecule has 38 heavy (non-hydrogen) atoms. The van der Waals surface area contributed by atoms with E-state index in [1.54, 1.807) is 42.6 Å². The lowest BCUT2D eigenvalue weighted by Gasteiger charge is -2.33. The molecule has 0 saturated carbocycles. The van der Waals surface area contributed by atoms with Gasteiger partial charge in [-0.1, -0.05) is 55.6 Å². The van der Waals surface area contributed by atoms with Crippen LogP contribution in [0, 0.1) is 11.3 Å². The molecule has 1 aliphatic rings. The number of nitrogens with one attached hydrogen (secondary N) is 1. The highest BCUT2D eigenvalue weighted by atomic mass is 35.5. The number of hydrogen-bond donors (Lipinski definition) is 2. The molecule has 0 fully saturated rings. The summed E-state index contributed by atoms with van der Waals surface area (Å²) in [5.41, 5.74) is 3.01. The number of carbonyl (C=O) groups excluding carboxylic acids is 1. The number of thiophene rings is 1. The van der Waals surface area contributed by atoms with Crippen LogP contribution in [0.4, 0.5) is 10.7 Å². The van der Waals surface area contributed by atoms with Gasteiger partial charge in [0, 0.05) is 21.8 Å². The molecule has 0 spiro atoms. The summed E-state index contributed by atoms with van der Waals surface area (Å²) < 4.78 is 5.19. The van der Waals surface area contributed by atoms with Gasteiger partial charge in [0.25, 0.3) is 5.91 Å². The smallest absolute Gasteiger partial charge is 0.341 e. The first-order valence-electron chi connectivity index (χ1n) is 12.0. The van der Waals surface area contributed by atoms with E-state index in [9.17, 15) is 9.59 Å². The number of amides is 1. The molecule has 0 unspecified atom stereocenters. The fourth-order valence-corrected chi connectivity index (χ4v) is 6.43. The van der Waals surface area contributed by atoms with Gasteiger partial charge in [0.2, 0.25) is 0 Å². The van der Waals surface area contributed by atoms with Gasteiger partial charge >= 0.3 is 5.97 Å². The summed E-state index contributed by atoms with van der Waals surface area (Å²) in [4.78, 5) is 30.2.